The molecule has 1 aromatic carbocycles. The minimum absolute atomic E-state index is 0.282. The van der Waals surface area contributed by atoms with E-state index in [0.29, 0.717) is 6.04 Å². The van der Waals surface area contributed by atoms with E-state index in [9.17, 15) is 0 Å². The topological polar surface area (TPSA) is 21.3 Å². The highest BCUT2D eigenvalue weighted by atomic mass is 16.5. The molecule has 2 heteroatoms. The number of nitrogens with one attached hydrogen (secondary N) is 1. The first-order chi connectivity index (χ1) is 9.17. The lowest BCUT2D eigenvalue weighted by atomic mass is 9.87. The van der Waals surface area contributed by atoms with E-state index < -0.39 is 0 Å². The molecule has 19 heavy (non-hydrogen) atoms. The quantitative estimate of drug-likeness (QED) is 0.817. The fraction of sp³-hybridized carbons (Fsp3) is 0.647. The lowest BCUT2D eigenvalue weighted by Crippen LogP contribution is -2.26. The van der Waals surface area contributed by atoms with Gasteiger partial charge in [-0.25, -0.2) is 0 Å². The van der Waals surface area contributed by atoms with Gasteiger partial charge in [0.2, 0.25) is 0 Å². The van der Waals surface area contributed by atoms with E-state index in [1.54, 1.807) is 0 Å². The minimum atomic E-state index is 0.282. The SMILES string of the molecule is CCC(C)Oc1cccc(NC2CCCC(C)C2)c1. The fourth-order valence-electron chi connectivity index (χ4n) is 2.78. The van der Waals surface area contributed by atoms with Gasteiger partial charge in [0.05, 0.1) is 6.10 Å². The summed E-state index contributed by atoms with van der Waals surface area (Å²) in [4.78, 5) is 0. The molecule has 0 heterocycles. The molecule has 0 aliphatic heterocycles. The summed E-state index contributed by atoms with van der Waals surface area (Å²) in [6.07, 6.45) is 6.64. The molecule has 1 aliphatic carbocycles. The van der Waals surface area contributed by atoms with Gasteiger partial charge in [-0.05, 0) is 44.2 Å². The predicted molar refractivity (Wildman–Crippen MR) is 81.9 cm³/mol. The normalized spacial score (nSPS) is 24.8. The van der Waals surface area contributed by atoms with Gasteiger partial charge in [0.25, 0.3) is 0 Å². The van der Waals surface area contributed by atoms with Gasteiger partial charge in [-0.3, -0.25) is 0 Å². The maximum Gasteiger partial charge on any atom is 0.121 e. The maximum absolute atomic E-state index is 5.87. The summed E-state index contributed by atoms with van der Waals surface area (Å²) in [5.74, 6) is 1.83. The molecule has 1 aliphatic rings. The molecule has 1 saturated carbocycles. The monoisotopic (exact) mass is 261 g/mol. The zero-order valence-electron chi connectivity index (χ0n) is 12.5. The molecule has 0 radical (unpaired) electrons. The van der Waals surface area contributed by atoms with Crippen LogP contribution in [0.1, 0.15) is 52.9 Å². The van der Waals surface area contributed by atoms with Crippen molar-refractivity contribution in [2.75, 3.05) is 5.32 Å². The van der Waals surface area contributed by atoms with Gasteiger partial charge in [0, 0.05) is 17.8 Å². The molecule has 0 spiro atoms. The van der Waals surface area contributed by atoms with Crippen molar-refractivity contribution < 1.29 is 4.74 Å². The van der Waals surface area contributed by atoms with Gasteiger partial charge in [0.1, 0.15) is 5.75 Å². The van der Waals surface area contributed by atoms with Gasteiger partial charge in [0.15, 0.2) is 0 Å². The lowest BCUT2D eigenvalue weighted by Gasteiger charge is -2.28. The number of hydrogen-bond acceptors (Lipinski definition) is 2. The summed E-state index contributed by atoms with van der Waals surface area (Å²) >= 11 is 0. The molecule has 0 saturated heterocycles. The van der Waals surface area contributed by atoms with Crippen LogP contribution >= 0.6 is 0 Å². The van der Waals surface area contributed by atoms with Crippen LogP contribution in [-0.4, -0.2) is 12.1 Å². The molecule has 0 aromatic heterocycles. The Morgan fingerprint density at radius 3 is 2.95 bits per heavy atom. The molecule has 2 rings (SSSR count). The number of ether oxygens (including phenoxy) is 1. The van der Waals surface area contributed by atoms with Crippen LogP contribution in [0, 0.1) is 5.92 Å². The van der Waals surface area contributed by atoms with Crippen LogP contribution in [0.15, 0.2) is 24.3 Å². The summed E-state index contributed by atoms with van der Waals surface area (Å²) in [5, 5.41) is 3.66. The van der Waals surface area contributed by atoms with Crippen molar-refractivity contribution in [3.05, 3.63) is 24.3 Å². The van der Waals surface area contributed by atoms with Crippen molar-refractivity contribution >= 4 is 5.69 Å². The zero-order chi connectivity index (χ0) is 13.7. The first-order valence-corrected chi connectivity index (χ1v) is 7.70. The third-order valence-corrected chi connectivity index (χ3v) is 4.05. The van der Waals surface area contributed by atoms with Gasteiger partial charge in [-0.1, -0.05) is 32.8 Å². The number of benzene rings is 1. The Hall–Kier alpha value is -1.18. The van der Waals surface area contributed by atoms with Crippen LogP contribution in [0.4, 0.5) is 5.69 Å². The van der Waals surface area contributed by atoms with Crippen molar-refractivity contribution in [1.29, 1.82) is 0 Å². The summed E-state index contributed by atoms with van der Waals surface area (Å²) in [6.45, 7) is 6.62. The first kappa shape index (κ1) is 14.2. The second kappa shape index (κ2) is 6.83. The smallest absolute Gasteiger partial charge is 0.121 e. The van der Waals surface area contributed by atoms with Crippen molar-refractivity contribution in [3.63, 3.8) is 0 Å². The maximum atomic E-state index is 5.87. The summed E-state index contributed by atoms with van der Waals surface area (Å²) in [5.41, 5.74) is 1.19. The van der Waals surface area contributed by atoms with Crippen molar-refractivity contribution in [1.82, 2.24) is 0 Å². The largest absolute Gasteiger partial charge is 0.491 e. The highest BCUT2D eigenvalue weighted by Crippen LogP contribution is 2.27. The highest BCUT2D eigenvalue weighted by Gasteiger charge is 2.18. The second-order valence-corrected chi connectivity index (χ2v) is 5.98. The Morgan fingerprint density at radius 2 is 2.21 bits per heavy atom. The first-order valence-electron chi connectivity index (χ1n) is 7.70. The third-order valence-electron chi connectivity index (χ3n) is 4.05. The van der Waals surface area contributed by atoms with Gasteiger partial charge in [-0.15, -0.1) is 0 Å². The molecule has 3 atom stereocenters. The molecule has 3 unspecified atom stereocenters. The van der Waals surface area contributed by atoms with E-state index in [1.807, 2.05) is 6.07 Å². The molecular formula is C17H27NO. The Balaban J connectivity index is 1.94. The second-order valence-electron chi connectivity index (χ2n) is 5.98. The molecule has 2 nitrogen and oxygen atoms in total. The van der Waals surface area contributed by atoms with Crippen LogP contribution in [0.3, 0.4) is 0 Å². The lowest BCUT2D eigenvalue weighted by molar-refractivity contribution is 0.217. The Bertz CT molecular complexity index is 391. The molecule has 0 bridgehead atoms. The Kier molecular flexibility index (Phi) is 5.12. The van der Waals surface area contributed by atoms with Crippen LogP contribution in [0.25, 0.3) is 0 Å². The highest BCUT2D eigenvalue weighted by molar-refractivity contribution is 5.49. The molecule has 0 amide bonds. The molecule has 1 N–H and O–H groups in total. The van der Waals surface area contributed by atoms with Crippen molar-refractivity contribution in [2.24, 2.45) is 5.92 Å². The Morgan fingerprint density at radius 1 is 1.37 bits per heavy atom. The van der Waals surface area contributed by atoms with Crippen LogP contribution in [0.5, 0.6) is 5.75 Å². The molecule has 1 aromatic rings. The van der Waals surface area contributed by atoms with Crippen molar-refractivity contribution in [3.8, 4) is 5.75 Å². The van der Waals surface area contributed by atoms with Gasteiger partial charge < -0.3 is 10.1 Å². The van der Waals surface area contributed by atoms with Crippen molar-refractivity contribution in [2.45, 2.75) is 65.0 Å². The van der Waals surface area contributed by atoms with Crippen LogP contribution in [-0.2, 0) is 0 Å². The Labute approximate surface area is 117 Å². The third kappa shape index (κ3) is 4.45. The zero-order valence-corrected chi connectivity index (χ0v) is 12.5. The number of rotatable bonds is 5. The molecule has 1 fully saturated rings. The van der Waals surface area contributed by atoms with E-state index in [0.717, 1.165) is 18.1 Å². The predicted octanol–water partition coefficient (Wildman–Crippen LogP) is 4.85. The molecular weight excluding hydrogens is 234 g/mol. The van der Waals surface area contributed by atoms with E-state index >= 15 is 0 Å². The summed E-state index contributed by atoms with van der Waals surface area (Å²) in [6, 6.07) is 9.02. The standard InChI is InChI=1S/C17H27NO/c1-4-14(3)19-17-10-6-9-16(12-17)18-15-8-5-7-13(2)11-15/h6,9-10,12-15,18H,4-5,7-8,11H2,1-3H3. The number of anilines is 1. The van der Waals surface area contributed by atoms with E-state index in [1.165, 1.54) is 31.4 Å². The molecule has 106 valence electrons. The van der Waals surface area contributed by atoms with Gasteiger partial charge >= 0.3 is 0 Å². The van der Waals surface area contributed by atoms with Crippen LogP contribution in [0.2, 0.25) is 0 Å². The van der Waals surface area contributed by atoms with Gasteiger partial charge in [-0.2, -0.15) is 0 Å². The average molecular weight is 261 g/mol. The summed E-state index contributed by atoms with van der Waals surface area (Å²) in [7, 11) is 0. The van der Waals surface area contributed by atoms with E-state index in [4.69, 9.17) is 4.74 Å². The summed E-state index contributed by atoms with van der Waals surface area (Å²) < 4.78 is 5.87. The number of hydrogen-bond donors (Lipinski definition) is 1. The van der Waals surface area contributed by atoms with Crippen LogP contribution < -0.4 is 10.1 Å². The van der Waals surface area contributed by atoms with E-state index in [2.05, 4.69) is 44.3 Å². The average Bonchev–Trinajstić information content (AvgIpc) is 2.39. The fourth-order valence-corrected chi connectivity index (χ4v) is 2.78. The van der Waals surface area contributed by atoms with E-state index in [-0.39, 0.29) is 6.10 Å². The minimum Gasteiger partial charge on any atom is -0.491 e.